The molecule has 3 aromatic rings. The number of hydrogen-bond acceptors (Lipinski definition) is 3. The summed E-state index contributed by atoms with van der Waals surface area (Å²) in [5, 5.41) is 0. The van der Waals surface area contributed by atoms with Gasteiger partial charge in [0.1, 0.15) is 4.47 Å². The smallest absolute Gasteiger partial charge is 0.292 e. The van der Waals surface area contributed by atoms with Crippen molar-refractivity contribution in [1.82, 2.24) is 9.13 Å². The van der Waals surface area contributed by atoms with E-state index in [1.165, 1.54) is 4.57 Å². The molecular weight excluding hydrogens is 384 g/mol. The molecule has 0 aliphatic rings. The molecule has 0 fully saturated rings. The second-order valence-corrected chi connectivity index (χ2v) is 6.36. The van der Waals surface area contributed by atoms with E-state index in [1.807, 2.05) is 30.3 Å². The fraction of sp³-hybridized carbons (Fsp3) is 0.105. The molecule has 0 N–H and O–H groups in total. The van der Waals surface area contributed by atoms with Crippen molar-refractivity contribution in [3.8, 4) is 0 Å². The number of hydrogen-bond donors (Lipinski definition) is 0. The third kappa shape index (κ3) is 3.25. The summed E-state index contributed by atoms with van der Waals surface area (Å²) in [6.45, 7) is 1.94. The van der Waals surface area contributed by atoms with Crippen LogP contribution >= 0.6 is 15.9 Å². The lowest BCUT2D eigenvalue weighted by Gasteiger charge is -2.14. The largest absolute Gasteiger partial charge is 0.338 e. The zero-order valence-corrected chi connectivity index (χ0v) is 15.1. The second-order valence-electron chi connectivity index (χ2n) is 5.57. The summed E-state index contributed by atoms with van der Waals surface area (Å²) in [4.78, 5) is 38.1. The third-order valence-electron chi connectivity index (χ3n) is 3.94. The Balaban J connectivity index is 2.19. The summed E-state index contributed by atoms with van der Waals surface area (Å²) in [7, 11) is 0. The van der Waals surface area contributed by atoms with Crippen LogP contribution in [-0.2, 0) is 6.54 Å². The minimum Gasteiger partial charge on any atom is -0.292 e. The highest BCUT2D eigenvalue weighted by atomic mass is 79.9. The number of rotatable bonds is 3. The summed E-state index contributed by atoms with van der Waals surface area (Å²) in [5.41, 5.74) is 0.362. The molecule has 1 aromatic heterocycles. The van der Waals surface area contributed by atoms with Gasteiger partial charge < -0.3 is 0 Å². The van der Waals surface area contributed by atoms with Crippen molar-refractivity contribution in [3.63, 3.8) is 0 Å². The van der Waals surface area contributed by atoms with Crippen molar-refractivity contribution in [2.45, 2.75) is 13.5 Å². The van der Waals surface area contributed by atoms with Gasteiger partial charge in [0.15, 0.2) is 0 Å². The van der Waals surface area contributed by atoms with Gasteiger partial charge in [-0.3, -0.25) is 14.2 Å². The zero-order chi connectivity index (χ0) is 18.0. The highest BCUT2D eigenvalue weighted by molar-refractivity contribution is 9.10. The van der Waals surface area contributed by atoms with Gasteiger partial charge in [-0.25, -0.2) is 4.79 Å². The van der Waals surface area contributed by atoms with Crippen LogP contribution in [0.25, 0.3) is 0 Å². The minimum absolute atomic E-state index is 0.201. The Morgan fingerprint density at radius 3 is 2.12 bits per heavy atom. The molecule has 0 saturated heterocycles. The van der Waals surface area contributed by atoms with E-state index in [2.05, 4.69) is 15.9 Å². The van der Waals surface area contributed by atoms with Gasteiger partial charge in [-0.1, -0.05) is 48.5 Å². The summed E-state index contributed by atoms with van der Waals surface area (Å²) in [6.07, 6.45) is 0. The maximum absolute atomic E-state index is 12.9. The number of carbonyl (C=O) groups excluding carboxylic acids is 1. The molecule has 0 aliphatic carbocycles. The lowest BCUT2D eigenvalue weighted by molar-refractivity contribution is 0.0948. The molecular formula is C19H15BrN2O3. The van der Waals surface area contributed by atoms with Gasteiger partial charge in [-0.2, -0.15) is 4.57 Å². The van der Waals surface area contributed by atoms with Crippen LogP contribution in [0.3, 0.4) is 0 Å². The van der Waals surface area contributed by atoms with Gasteiger partial charge in [-0.15, -0.1) is 0 Å². The number of nitrogens with zero attached hydrogens (tertiary/aromatic N) is 2. The number of aromatic nitrogens is 2. The van der Waals surface area contributed by atoms with E-state index in [4.69, 9.17) is 0 Å². The first-order valence-electron chi connectivity index (χ1n) is 7.66. The van der Waals surface area contributed by atoms with E-state index in [0.29, 0.717) is 10.3 Å². The van der Waals surface area contributed by atoms with Crippen molar-refractivity contribution >= 4 is 21.8 Å². The average Bonchev–Trinajstić information content (AvgIpc) is 2.65. The molecule has 25 heavy (non-hydrogen) atoms. The predicted octanol–water partition coefficient (Wildman–Crippen LogP) is 2.82. The monoisotopic (exact) mass is 398 g/mol. The van der Waals surface area contributed by atoms with Crippen LogP contribution < -0.4 is 11.2 Å². The van der Waals surface area contributed by atoms with Crippen LogP contribution in [0.15, 0.2) is 74.7 Å². The molecule has 2 aromatic carbocycles. The zero-order valence-electron chi connectivity index (χ0n) is 13.5. The second kappa shape index (κ2) is 7.03. The Morgan fingerprint density at radius 2 is 1.52 bits per heavy atom. The first kappa shape index (κ1) is 17.1. The van der Waals surface area contributed by atoms with Gasteiger partial charge >= 0.3 is 5.69 Å². The SMILES string of the molecule is Cc1c(Br)c(=O)n(C(=O)c2ccccc2)c(=O)n1Cc1ccccc1. The molecule has 3 rings (SSSR count). The molecule has 0 spiro atoms. The van der Waals surface area contributed by atoms with Crippen LogP contribution in [-0.4, -0.2) is 15.0 Å². The standard InChI is InChI=1S/C19H15BrN2O3/c1-13-16(20)18(24)22(17(23)15-10-6-3-7-11-15)19(25)21(13)12-14-8-4-2-5-9-14/h2-11H,12H2,1H3. The Labute approximate surface area is 152 Å². The summed E-state index contributed by atoms with van der Waals surface area (Å²) >= 11 is 3.22. The predicted molar refractivity (Wildman–Crippen MR) is 99.1 cm³/mol. The number of carbonyl (C=O) groups is 1. The molecule has 0 radical (unpaired) electrons. The van der Waals surface area contributed by atoms with Gasteiger partial charge in [0, 0.05) is 11.3 Å². The normalized spacial score (nSPS) is 10.6. The molecule has 0 atom stereocenters. The molecule has 1 heterocycles. The van der Waals surface area contributed by atoms with Crippen molar-refractivity contribution in [1.29, 1.82) is 0 Å². The first-order valence-corrected chi connectivity index (χ1v) is 8.45. The average molecular weight is 399 g/mol. The van der Waals surface area contributed by atoms with Crippen molar-refractivity contribution < 1.29 is 4.79 Å². The van der Waals surface area contributed by atoms with E-state index >= 15 is 0 Å². The summed E-state index contributed by atoms with van der Waals surface area (Å²) in [5.74, 6) is -0.641. The molecule has 0 saturated carbocycles. The third-order valence-corrected chi connectivity index (χ3v) is 4.86. The van der Waals surface area contributed by atoms with Crippen molar-refractivity contribution in [2.75, 3.05) is 0 Å². The van der Waals surface area contributed by atoms with E-state index in [-0.39, 0.29) is 16.6 Å². The van der Waals surface area contributed by atoms with E-state index in [1.54, 1.807) is 37.3 Å². The Bertz CT molecular complexity index is 1040. The van der Waals surface area contributed by atoms with Crippen LogP contribution in [0.5, 0.6) is 0 Å². The fourth-order valence-corrected chi connectivity index (χ4v) is 2.95. The van der Waals surface area contributed by atoms with Crippen LogP contribution in [0, 0.1) is 6.92 Å². The van der Waals surface area contributed by atoms with Gasteiger partial charge in [0.2, 0.25) is 0 Å². The molecule has 5 nitrogen and oxygen atoms in total. The lowest BCUT2D eigenvalue weighted by atomic mass is 10.2. The summed E-state index contributed by atoms with van der Waals surface area (Å²) in [6, 6.07) is 17.7. The minimum atomic E-state index is -0.652. The topological polar surface area (TPSA) is 61.1 Å². The fourth-order valence-electron chi connectivity index (χ4n) is 2.56. The van der Waals surface area contributed by atoms with E-state index < -0.39 is 17.2 Å². The number of benzene rings is 2. The number of halogens is 1. The van der Waals surface area contributed by atoms with Crippen molar-refractivity contribution in [3.05, 3.63) is 103 Å². The molecule has 0 aliphatic heterocycles. The van der Waals surface area contributed by atoms with Gasteiger partial charge in [0.25, 0.3) is 11.5 Å². The quantitative estimate of drug-likeness (QED) is 0.681. The molecule has 6 heteroatoms. The Hall–Kier alpha value is -2.73. The highest BCUT2D eigenvalue weighted by Crippen LogP contribution is 2.11. The molecule has 0 unspecified atom stereocenters. The van der Waals surface area contributed by atoms with Crippen LogP contribution in [0.4, 0.5) is 0 Å². The van der Waals surface area contributed by atoms with Crippen LogP contribution in [0.2, 0.25) is 0 Å². The summed E-state index contributed by atoms with van der Waals surface area (Å²) < 4.78 is 2.30. The maximum Gasteiger partial charge on any atom is 0.338 e. The Morgan fingerprint density at radius 1 is 0.960 bits per heavy atom. The highest BCUT2D eigenvalue weighted by Gasteiger charge is 2.20. The van der Waals surface area contributed by atoms with Crippen molar-refractivity contribution in [2.24, 2.45) is 0 Å². The maximum atomic E-state index is 12.9. The van der Waals surface area contributed by atoms with Gasteiger partial charge in [0.05, 0.1) is 6.54 Å². The molecule has 0 amide bonds. The first-order chi connectivity index (χ1) is 12.0. The Kier molecular flexibility index (Phi) is 4.81. The van der Waals surface area contributed by atoms with E-state index in [0.717, 1.165) is 5.56 Å². The van der Waals surface area contributed by atoms with E-state index in [9.17, 15) is 14.4 Å². The van der Waals surface area contributed by atoms with Crippen LogP contribution in [0.1, 0.15) is 21.6 Å². The lowest BCUT2D eigenvalue weighted by Crippen LogP contribution is -2.45. The molecule has 0 bridgehead atoms. The molecule has 126 valence electrons. The van der Waals surface area contributed by atoms with Gasteiger partial charge in [-0.05, 0) is 40.5 Å².